The first-order chi connectivity index (χ1) is 9.41. The van der Waals surface area contributed by atoms with Crippen molar-refractivity contribution in [2.75, 3.05) is 6.54 Å². The molecule has 3 rings (SSSR count). The topological polar surface area (TPSA) is 86.3 Å². The lowest BCUT2D eigenvalue weighted by Crippen LogP contribution is -2.44. The number of amides is 1. The van der Waals surface area contributed by atoms with Crippen molar-refractivity contribution in [1.29, 1.82) is 0 Å². The Bertz CT molecular complexity index is 756. The van der Waals surface area contributed by atoms with Crippen LogP contribution in [0, 0.1) is 0 Å². The maximum Gasteiger partial charge on any atom is 0.408 e. The second-order valence-corrected chi connectivity index (χ2v) is 7.42. The van der Waals surface area contributed by atoms with Gasteiger partial charge in [0.1, 0.15) is 16.1 Å². The van der Waals surface area contributed by atoms with E-state index in [4.69, 9.17) is 0 Å². The standard InChI is InChI=1S/C12H12BrN3O3S/c1-12(3-2-4-16(12)11(18)19)10-14-6-5-7(13)20-8(6)9(17)15-10/h5H,2-4H2,1H3,(H,18,19)(H,14,15,17). The van der Waals surface area contributed by atoms with Crippen molar-refractivity contribution in [2.24, 2.45) is 0 Å². The van der Waals surface area contributed by atoms with Gasteiger partial charge in [-0.15, -0.1) is 11.3 Å². The first-order valence-electron chi connectivity index (χ1n) is 6.12. The fourth-order valence-corrected chi connectivity index (χ4v) is 4.10. The van der Waals surface area contributed by atoms with Crippen molar-refractivity contribution in [1.82, 2.24) is 14.9 Å². The first-order valence-corrected chi connectivity index (χ1v) is 7.73. The minimum absolute atomic E-state index is 0.223. The van der Waals surface area contributed by atoms with Crippen LogP contribution in [0.1, 0.15) is 25.6 Å². The summed E-state index contributed by atoms with van der Waals surface area (Å²) in [6.45, 7) is 2.26. The predicted molar refractivity (Wildman–Crippen MR) is 79.3 cm³/mol. The number of halogens is 1. The van der Waals surface area contributed by atoms with Gasteiger partial charge in [0.05, 0.1) is 9.30 Å². The molecule has 1 fully saturated rings. The van der Waals surface area contributed by atoms with Crippen LogP contribution >= 0.6 is 27.3 Å². The Morgan fingerprint density at radius 3 is 3.10 bits per heavy atom. The van der Waals surface area contributed by atoms with E-state index in [1.54, 1.807) is 13.0 Å². The fraction of sp³-hybridized carbons (Fsp3) is 0.417. The van der Waals surface area contributed by atoms with Gasteiger partial charge in [-0.2, -0.15) is 0 Å². The van der Waals surface area contributed by atoms with Gasteiger partial charge in [-0.1, -0.05) is 0 Å². The van der Waals surface area contributed by atoms with Gasteiger partial charge in [0, 0.05) is 6.54 Å². The molecule has 3 heterocycles. The molecule has 8 heteroatoms. The van der Waals surface area contributed by atoms with Gasteiger partial charge in [-0.3, -0.25) is 9.69 Å². The monoisotopic (exact) mass is 357 g/mol. The Balaban J connectivity index is 2.18. The lowest BCUT2D eigenvalue weighted by atomic mass is 9.98. The molecule has 106 valence electrons. The molecule has 1 aliphatic heterocycles. The molecule has 1 amide bonds. The van der Waals surface area contributed by atoms with E-state index >= 15 is 0 Å². The Morgan fingerprint density at radius 1 is 1.65 bits per heavy atom. The molecule has 1 unspecified atom stereocenters. The molecule has 0 saturated carbocycles. The molecule has 1 saturated heterocycles. The summed E-state index contributed by atoms with van der Waals surface area (Å²) >= 11 is 4.65. The average molecular weight is 358 g/mol. The Morgan fingerprint density at radius 2 is 2.40 bits per heavy atom. The zero-order valence-electron chi connectivity index (χ0n) is 10.6. The molecule has 0 bridgehead atoms. The van der Waals surface area contributed by atoms with Crippen LogP contribution in [0.25, 0.3) is 10.2 Å². The molecule has 2 aromatic rings. The summed E-state index contributed by atoms with van der Waals surface area (Å²) in [6, 6.07) is 1.78. The Labute approximate surface area is 126 Å². The molecule has 2 aromatic heterocycles. The SMILES string of the molecule is CC1(c2nc3cc(Br)sc3c(=O)[nH]2)CCCN1C(=O)O. The number of hydrogen-bond donors (Lipinski definition) is 2. The highest BCUT2D eigenvalue weighted by molar-refractivity contribution is 9.11. The lowest BCUT2D eigenvalue weighted by Gasteiger charge is -2.31. The van der Waals surface area contributed by atoms with Gasteiger partial charge in [0.15, 0.2) is 0 Å². The van der Waals surface area contributed by atoms with Crippen LogP contribution in [0.3, 0.4) is 0 Å². The smallest absolute Gasteiger partial charge is 0.408 e. The van der Waals surface area contributed by atoms with Crippen LogP contribution in [-0.4, -0.2) is 32.6 Å². The van der Waals surface area contributed by atoms with Gasteiger partial charge in [-0.25, -0.2) is 9.78 Å². The second kappa shape index (κ2) is 4.56. The summed E-state index contributed by atoms with van der Waals surface area (Å²) in [5.74, 6) is 0.417. The summed E-state index contributed by atoms with van der Waals surface area (Å²) in [4.78, 5) is 32.0. The van der Waals surface area contributed by atoms with Crippen molar-refractivity contribution in [2.45, 2.75) is 25.3 Å². The van der Waals surface area contributed by atoms with E-state index in [-0.39, 0.29) is 5.56 Å². The van der Waals surface area contributed by atoms with E-state index in [1.807, 2.05) is 0 Å². The first kappa shape index (κ1) is 13.6. The highest BCUT2D eigenvalue weighted by Crippen LogP contribution is 2.37. The maximum absolute atomic E-state index is 12.1. The number of nitrogens with zero attached hydrogens (tertiary/aromatic N) is 2. The molecule has 6 nitrogen and oxygen atoms in total. The number of thiophene rings is 1. The van der Waals surface area contributed by atoms with Crippen LogP contribution in [0.4, 0.5) is 4.79 Å². The maximum atomic E-state index is 12.1. The van der Waals surface area contributed by atoms with Gasteiger partial charge in [0.25, 0.3) is 5.56 Å². The number of carbonyl (C=O) groups is 1. The number of carboxylic acid groups (broad SMARTS) is 1. The van der Waals surface area contributed by atoms with Gasteiger partial charge < -0.3 is 10.1 Å². The third kappa shape index (κ3) is 1.94. The summed E-state index contributed by atoms with van der Waals surface area (Å²) in [7, 11) is 0. The molecule has 0 radical (unpaired) electrons. The van der Waals surface area contributed by atoms with Crippen molar-refractivity contribution >= 4 is 43.6 Å². The summed E-state index contributed by atoms with van der Waals surface area (Å²) < 4.78 is 1.37. The van der Waals surface area contributed by atoms with E-state index < -0.39 is 11.6 Å². The number of aromatic amines is 1. The quantitative estimate of drug-likeness (QED) is 0.821. The molecule has 0 spiro atoms. The number of H-pyrrole nitrogens is 1. The third-order valence-electron chi connectivity index (χ3n) is 3.73. The zero-order chi connectivity index (χ0) is 14.5. The molecule has 0 aromatic carbocycles. The number of fused-ring (bicyclic) bond motifs is 1. The van der Waals surface area contributed by atoms with E-state index in [9.17, 15) is 14.7 Å². The van der Waals surface area contributed by atoms with Crippen LogP contribution < -0.4 is 5.56 Å². The molecular weight excluding hydrogens is 346 g/mol. The minimum Gasteiger partial charge on any atom is -0.465 e. The molecule has 0 aliphatic carbocycles. The van der Waals surface area contributed by atoms with E-state index in [0.29, 0.717) is 29.0 Å². The summed E-state index contributed by atoms with van der Waals surface area (Å²) in [6.07, 6.45) is 0.427. The minimum atomic E-state index is -0.987. The molecule has 1 aliphatic rings. The fourth-order valence-electron chi connectivity index (χ4n) is 2.68. The normalized spacial score (nSPS) is 22.6. The van der Waals surface area contributed by atoms with E-state index in [0.717, 1.165) is 10.2 Å². The summed E-state index contributed by atoms with van der Waals surface area (Å²) in [5.41, 5.74) is -0.397. The van der Waals surface area contributed by atoms with Crippen molar-refractivity contribution in [3.63, 3.8) is 0 Å². The van der Waals surface area contributed by atoms with Gasteiger partial charge in [0.2, 0.25) is 0 Å². The molecule has 20 heavy (non-hydrogen) atoms. The predicted octanol–water partition coefficient (Wildman–Crippen LogP) is 2.74. The number of likely N-dealkylation sites (tertiary alicyclic amines) is 1. The van der Waals surface area contributed by atoms with Crippen LogP contribution in [-0.2, 0) is 5.54 Å². The van der Waals surface area contributed by atoms with Crippen LogP contribution in [0.5, 0.6) is 0 Å². The number of rotatable bonds is 1. The van der Waals surface area contributed by atoms with Gasteiger partial charge >= 0.3 is 6.09 Å². The Kier molecular flexibility index (Phi) is 3.09. The highest BCUT2D eigenvalue weighted by Gasteiger charge is 2.43. The van der Waals surface area contributed by atoms with Crippen molar-refractivity contribution in [3.8, 4) is 0 Å². The molecular formula is C12H12BrN3O3S. The molecule has 2 N–H and O–H groups in total. The number of aromatic nitrogens is 2. The number of nitrogens with one attached hydrogen (secondary N) is 1. The van der Waals surface area contributed by atoms with Gasteiger partial charge in [-0.05, 0) is 41.8 Å². The lowest BCUT2D eigenvalue weighted by molar-refractivity contribution is 0.105. The largest absolute Gasteiger partial charge is 0.465 e. The average Bonchev–Trinajstić information content (AvgIpc) is 2.92. The number of hydrogen-bond acceptors (Lipinski definition) is 4. The third-order valence-corrected chi connectivity index (χ3v) is 5.36. The highest BCUT2D eigenvalue weighted by atomic mass is 79.9. The zero-order valence-corrected chi connectivity index (χ0v) is 13.0. The van der Waals surface area contributed by atoms with E-state index in [2.05, 4.69) is 25.9 Å². The Hall–Kier alpha value is -1.41. The second-order valence-electron chi connectivity index (χ2n) is 4.99. The molecule has 1 atom stereocenters. The van der Waals surface area contributed by atoms with E-state index in [1.165, 1.54) is 16.2 Å². The van der Waals surface area contributed by atoms with Crippen molar-refractivity contribution < 1.29 is 9.90 Å². The van der Waals surface area contributed by atoms with Crippen molar-refractivity contribution in [3.05, 3.63) is 26.0 Å². The summed E-state index contributed by atoms with van der Waals surface area (Å²) in [5, 5.41) is 9.30. The van der Waals surface area contributed by atoms with Crippen LogP contribution in [0.2, 0.25) is 0 Å². The van der Waals surface area contributed by atoms with Crippen LogP contribution in [0.15, 0.2) is 14.6 Å².